The molecule has 2 rings (SSSR count). The van der Waals surface area contributed by atoms with E-state index in [-0.39, 0.29) is 0 Å². The van der Waals surface area contributed by atoms with Crippen molar-refractivity contribution in [2.75, 3.05) is 6.61 Å². The van der Waals surface area contributed by atoms with Crippen molar-refractivity contribution in [3.8, 4) is 5.75 Å². The quantitative estimate of drug-likeness (QED) is 0.823. The molecule has 1 aromatic carbocycles. The molecule has 1 aliphatic carbocycles. The van der Waals surface area contributed by atoms with Crippen LogP contribution in [0.1, 0.15) is 36.0 Å². The van der Waals surface area contributed by atoms with Crippen molar-refractivity contribution in [2.24, 2.45) is 5.92 Å². The Balaban J connectivity index is 2.09. The molecule has 0 spiro atoms. The smallest absolute Gasteiger partial charge is 0.328 e. The first-order valence-corrected chi connectivity index (χ1v) is 6.71. The summed E-state index contributed by atoms with van der Waals surface area (Å²) < 4.78 is 5.91. The molecule has 102 valence electrons. The molecule has 0 atom stereocenters. The highest BCUT2D eigenvalue weighted by atomic mass is 16.5. The first-order chi connectivity index (χ1) is 9.06. The molecule has 3 nitrogen and oxygen atoms in total. The summed E-state index contributed by atoms with van der Waals surface area (Å²) in [5.41, 5.74) is 3.02. The summed E-state index contributed by atoms with van der Waals surface area (Å²) in [6.07, 6.45) is 6.64. The Bertz CT molecular complexity index is 476. The van der Waals surface area contributed by atoms with Crippen LogP contribution in [0.5, 0.6) is 5.75 Å². The second kappa shape index (κ2) is 5.91. The number of aryl methyl sites for hydroxylation is 2. The number of hydrogen-bond donors (Lipinski definition) is 1. The van der Waals surface area contributed by atoms with Gasteiger partial charge in [-0.1, -0.05) is 6.42 Å². The lowest BCUT2D eigenvalue weighted by Gasteiger charge is -2.26. The molecule has 0 saturated heterocycles. The van der Waals surface area contributed by atoms with Crippen molar-refractivity contribution in [2.45, 2.75) is 33.1 Å². The van der Waals surface area contributed by atoms with Crippen molar-refractivity contribution in [1.82, 2.24) is 0 Å². The number of benzene rings is 1. The van der Waals surface area contributed by atoms with E-state index in [9.17, 15) is 4.79 Å². The monoisotopic (exact) mass is 260 g/mol. The number of carboxylic acids is 1. The van der Waals surface area contributed by atoms with Gasteiger partial charge in [-0.25, -0.2) is 4.79 Å². The van der Waals surface area contributed by atoms with E-state index in [4.69, 9.17) is 9.84 Å². The molecular formula is C16H20O3. The highest BCUT2D eigenvalue weighted by Crippen LogP contribution is 2.30. The zero-order valence-corrected chi connectivity index (χ0v) is 11.5. The molecule has 0 aliphatic heterocycles. The Hall–Kier alpha value is -1.77. The SMILES string of the molecule is Cc1cc(C=CC(=O)O)cc(C)c1OCC1CCC1. The highest BCUT2D eigenvalue weighted by Gasteiger charge is 2.18. The van der Waals surface area contributed by atoms with E-state index in [1.807, 2.05) is 26.0 Å². The van der Waals surface area contributed by atoms with Gasteiger partial charge in [-0.15, -0.1) is 0 Å². The molecule has 1 aliphatic rings. The van der Waals surface area contributed by atoms with E-state index < -0.39 is 5.97 Å². The largest absolute Gasteiger partial charge is 0.493 e. The standard InChI is InChI=1S/C16H20O3/c1-11-8-14(6-7-15(17)18)9-12(2)16(11)19-10-13-4-3-5-13/h6-9,13H,3-5,10H2,1-2H3,(H,17,18). The van der Waals surface area contributed by atoms with Crippen molar-refractivity contribution in [3.05, 3.63) is 34.9 Å². The fourth-order valence-electron chi connectivity index (χ4n) is 2.34. The molecule has 0 amide bonds. The average Bonchev–Trinajstić information content (AvgIpc) is 2.27. The summed E-state index contributed by atoms with van der Waals surface area (Å²) in [6, 6.07) is 3.92. The van der Waals surface area contributed by atoms with Crippen LogP contribution in [-0.2, 0) is 4.79 Å². The molecule has 1 aromatic rings. The van der Waals surface area contributed by atoms with Crippen molar-refractivity contribution in [3.63, 3.8) is 0 Å². The van der Waals surface area contributed by atoms with E-state index in [0.29, 0.717) is 5.92 Å². The van der Waals surface area contributed by atoms with Gasteiger partial charge in [0.1, 0.15) is 5.75 Å². The third-order valence-electron chi connectivity index (χ3n) is 3.59. The average molecular weight is 260 g/mol. The van der Waals surface area contributed by atoms with Crippen LogP contribution < -0.4 is 4.74 Å². The molecule has 1 saturated carbocycles. The maximum Gasteiger partial charge on any atom is 0.328 e. The summed E-state index contributed by atoms with van der Waals surface area (Å²) in [5, 5.41) is 8.64. The van der Waals surface area contributed by atoms with Crippen LogP contribution in [-0.4, -0.2) is 17.7 Å². The van der Waals surface area contributed by atoms with Crippen LogP contribution in [0.3, 0.4) is 0 Å². The second-order valence-corrected chi connectivity index (χ2v) is 5.26. The number of aliphatic carboxylic acids is 1. The Morgan fingerprint density at radius 1 is 1.37 bits per heavy atom. The summed E-state index contributed by atoms with van der Waals surface area (Å²) in [4.78, 5) is 10.5. The van der Waals surface area contributed by atoms with E-state index in [2.05, 4.69) is 0 Å². The zero-order valence-electron chi connectivity index (χ0n) is 11.5. The molecule has 0 aromatic heterocycles. The lowest BCUT2D eigenvalue weighted by Crippen LogP contribution is -2.19. The van der Waals surface area contributed by atoms with Crippen LogP contribution in [0.4, 0.5) is 0 Å². The molecule has 0 radical (unpaired) electrons. The van der Waals surface area contributed by atoms with Gasteiger partial charge in [0.25, 0.3) is 0 Å². The van der Waals surface area contributed by atoms with Gasteiger partial charge >= 0.3 is 5.97 Å². The topological polar surface area (TPSA) is 46.5 Å². The molecule has 0 heterocycles. The van der Waals surface area contributed by atoms with Crippen LogP contribution in [0, 0.1) is 19.8 Å². The van der Waals surface area contributed by atoms with Crippen molar-refractivity contribution in [1.29, 1.82) is 0 Å². The summed E-state index contributed by atoms with van der Waals surface area (Å²) in [7, 11) is 0. The van der Waals surface area contributed by atoms with Gasteiger partial charge in [0, 0.05) is 6.08 Å². The highest BCUT2D eigenvalue weighted by molar-refractivity contribution is 5.85. The minimum atomic E-state index is -0.930. The van der Waals surface area contributed by atoms with E-state index in [1.165, 1.54) is 19.3 Å². The molecule has 0 unspecified atom stereocenters. The van der Waals surface area contributed by atoms with Gasteiger partial charge in [0.05, 0.1) is 6.61 Å². The van der Waals surface area contributed by atoms with Crippen LogP contribution in [0.25, 0.3) is 6.08 Å². The molecule has 1 N–H and O–H groups in total. The van der Waals surface area contributed by atoms with Gasteiger partial charge in [-0.3, -0.25) is 0 Å². The van der Waals surface area contributed by atoms with Gasteiger partial charge in [-0.2, -0.15) is 0 Å². The predicted molar refractivity (Wildman–Crippen MR) is 75.4 cm³/mol. The summed E-state index contributed by atoms with van der Waals surface area (Å²) in [6.45, 7) is 4.80. The van der Waals surface area contributed by atoms with E-state index >= 15 is 0 Å². The number of rotatable bonds is 5. The first kappa shape index (κ1) is 13.7. The van der Waals surface area contributed by atoms with Crippen molar-refractivity contribution >= 4 is 12.0 Å². The normalized spacial score (nSPS) is 15.5. The molecule has 19 heavy (non-hydrogen) atoms. The Morgan fingerprint density at radius 2 is 2.00 bits per heavy atom. The molecule has 3 heteroatoms. The first-order valence-electron chi connectivity index (χ1n) is 6.71. The number of ether oxygens (including phenoxy) is 1. The Labute approximate surface area is 113 Å². The minimum Gasteiger partial charge on any atom is -0.493 e. The molecular weight excluding hydrogens is 240 g/mol. The van der Waals surface area contributed by atoms with Gasteiger partial charge in [0.2, 0.25) is 0 Å². The molecule has 0 bridgehead atoms. The van der Waals surface area contributed by atoms with Crippen molar-refractivity contribution < 1.29 is 14.6 Å². The van der Waals surface area contributed by atoms with Gasteiger partial charge < -0.3 is 9.84 Å². The lowest BCUT2D eigenvalue weighted by atomic mass is 9.86. The van der Waals surface area contributed by atoms with Crippen LogP contribution >= 0.6 is 0 Å². The number of carboxylic acid groups (broad SMARTS) is 1. The maximum absolute atomic E-state index is 10.5. The Kier molecular flexibility index (Phi) is 4.25. The third kappa shape index (κ3) is 3.60. The van der Waals surface area contributed by atoms with Gasteiger partial charge in [0.15, 0.2) is 0 Å². The fraction of sp³-hybridized carbons (Fsp3) is 0.438. The van der Waals surface area contributed by atoms with Gasteiger partial charge in [-0.05, 0) is 67.5 Å². The predicted octanol–water partition coefficient (Wildman–Crippen LogP) is 3.58. The second-order valence-electron chi connectivity index (χ2n) is 5.26. The summed E-state index contributed by atoms with van der Waals surface area (Å²) >= 11 is 0. The Morgan fingerprint density at radius 3 is 2.47 bits per heavy atom. The van der Waals surface area contributed by atoms with Crippen LogP contribution in [0.2, 0.25) is 0 Å². The minimum absolute atomic E-state index is 0.713. The van der Waals surface area contributed by atoms with Crippen LogP contribution in [0.15, 0.2) is 18.2 Å². The fourth-order valence-corrected chi connectivity index (χ4v) is 2.34. The maximum atomic E-state index is 10.5. The van der Waals surface area contributed by atoms with E-state index in [1.54, 1.807) is 6.08 Å². The van der Waals surface area contributed by atoms with E-state index in [0.717, 1.165) is 35.1 Å². The zero-order chi connectivity index (χ0) is 13.8. The molecule has 1 fully saturated rings. The number of hydrogen-bond acceptors (Lipinski definition) is 2. The third-order valence-corrected chi connectivity index (χ3v) is 3.59. The summed E-state index contributed by atoms with van der Waals surface area (Å²) in [5.74, 6) is 0.727. The number of carbonyl (C=O) groups is 1. The lowest BCUT2D eigenvalue weighted by molar-refractivity contribution is -0.131.